The van der Waals surface area contributed by atoms with E-state index in [1.54, 1.807) is 0 Å². The molecule has 0 bridgehead atoms. The van der Waals surface area contributed by atoms with E-state index in [1.807, 2.05) is 0 Å². The Morgan fingerprint density at radius 3 is 2.00 bits per heavy atom. The van der Waals surface area contributed by atoms with Crippen LogP contribution in [0.15, 0.2) is 4.99 Å². The molecule has 0 atom stereocenters. The number of aliphatic imine (C=N–C) groups is 1. The number of rotatable bonds is 5. The number of nitrogens with zero attached hydrogens (tertiary/aromatic N) is 1. The second kappa shape index (κ2) is 7.35. The summed E-state index contributed by atoms with van der Waals surface area (Å²) in [5, 5.41) is 6.52. The normalized spacial score (nSPS) is 16.3. The lowest BCUT2D eigenvalue weighted by atomic mass is 9.93. The van der Waals surface area contributed by atoms with Crippen molar-refractivity contribution in [1.82, 2.24) is 10.6 Å². The Kier molecular flexibility index (Phi) is 7.35. The van der Waals surface area contributed by atoms with Gasteiger partial charge in [0.05, 0.1) is 0 Å². The number of hydrogen-bond donors (Lipinski definition) is 2. The van der Waals surface area contributed by atoms with Crippen molar-refractivity contribution in [2.75, 3.05) is 19.6 Å². The van der Waals surface area contributed by atoms with Crippen molar-refractivity contribution < 1.29 is 0 Å². The predicted molar refractivity (Wildman–Crippen MR) is 81.6 cm³/mol. The lowest BCUT2D eigenvalue weighted by Crippen LogP contribution is -2.37. The highest BCUT2D eigenvalue weighted by Gasteiger charge is 2.45. The highest BCUT2D eigenvalue weighted by atomic mass is 127. The van der Waals surface area contributed by atoms with Crippen LogP contribution >= 0.6 is 24.0 Å². The molecule has 0 spiro atoms. The van der Waals surface area contributed by atoms with Crippen LogP contribution in [0.5, 0.6) is 0 Å². The third kappa shape index (κ3) is 4.47. The van der Waals surface area contributed by atoms with E-state index in [4.69, 9.17) is 0 Å². The van der Waals surface area contributed by atoms with E-state index >= 15 is 0 Å². The highest BCUT2D eigenvalue weighted by Crippen LogP contribution is 2.51. The van der Waals surface area contributed by atoms with Gasteiger partial charge in [-0.3, -0.25) is 4.99 Å². The van der Waals surface area contributed by atoms with E-state index < -0.39 is 0 Å². The molecule has 1 aliphatic carbocycles. The van der Waals surface area contributed by atoms with Crippen molar-refractivity contribution in [2.45, 2.75) is 40.5 Å². The lowest BCUT2D eigenvalue weighted by Gasteiger charge is -2.18. The SMILES string of the molecule is CCNC(=NCC1(C(C)C)CC1)NCC.I. The van der Waals surface area contributed by atoms with Gasteiger partial charge < -0.3 is 10.6 Å². The molecule has 16 heavy (non-hydrogen) atoms. The maximum absolute atomic E-state index is 4.65. The Labute approximate surface area is 117 Å². The first kappa shape index (κ1) is 16.0. The zero-order valence-electron chi connectivity index (χ0n) is 11.0. The molecule has 0 aliphatic heterocycles. The van der Waals surface area contributed by atoms with Crippen LogP contribution in [0.25, 0.3) is 0 Å². The van der Waals surface area contributed by atoms with Crippen molar-refractivity contribution in [3.63, 3.8) is 0 Å². The van der Waals surface area contributed by atoms with E-state index in [1.165, 1.54) is 12.8 Å². The van der Waals surface area contributed by atoms with Gasteiger partial charge in [-0.05, 0) is 38.0 Å². The number of nitrogens with one attached hydrogen (secondary N) is 2. The molecule has 0 saturated heterocycles. The summed E-state index contributed by atoms with van der Waals surface area (Å²) < 4.78 is 0. The van der Waals surface area contributed by atoms with Crippen LogP contribution in [0.2, 0.25) is 0 Å². The number of halogens is 1. The molecule has 0 aromatic rings. The summed E-state index contributed by atoms with van der Waals surface area (Å²) in [6.45, 7) is 11.6. The summed E-state index contributed by atoms with van der Waals surface area (Å²) in [5.41, 5.74) is 0.510. The van der Waals surface area contributed by atoms with Gasteiger partial charge in [0, 0.05) is 19.6 Å². The van der Waals surface area contributed by atoms with Gasteiger partial charge in [-0.1, -0.05) is 13.8 Å². The Morgan fingerprint density at radius 2 is 1.69 bits per heavy atom. The average molecular weight is 339 g/mol. The molecule has 1 aliphatic rings. The van der Waals surface area contributed by atoms with Gasteiger partial charge >= 0.3 is 0 Å². The van der Waals surface area contributed by atoms with Gasteiger partial charge in [-0.2, -0.15) is 0 Å². The van der Waals surface area contributed by atoms with Gasteiger partial charge in [0.25, 0.3) is 0 Å². The van der Waals surface area contributed by atoms with Crippen LogP contribution < -0.4 is 10.6 Å². The molecule has 2 N–H and O–H groups in total. The molecule has 0 amide bonds. The van der Waals surface area contributed by atoms with Gasteiger partial charge in [0.2, 0.25) is 0 Å². The van der Waals surface area contributed by atoms with Crippen molar-refractivity contribution in [3.05, 3.63) is 0 Å². The molecule has 1 rings (SSSR count). The lowest BCUT2D eigenvalue weighted by molar-refractivity contribution is 0.370. The molecule has 3 nitrogen and oxygen atoms in total. The smallest absolute Gasteiger partial charge is 0.191 e. The van der Waals surface area contributed by atoms with E-state index in [0.29, 0.717) is 5.41 Å². The summed E-state index contributed by atoms with van der Waals surface area (Å²) in [6, 6.07) is 0. The van der Waals surface area contributed by atoms with Gasteiger partial charge in [0.15, 0.2) is 5.96 Å². The molecule has 1 saturated carbocycles. The molecule has 4 heteroatoms. The molecule has 0 aromatic carbocycles. The summed E-state index contributed by atoms with van der Waals surface area (Å²) in [5.74, 6) is 1.72. The second-order valence-electron chi connectivity index (χ2n) is 4.74. The topological polar surface area (TPSA) is 36.4 Å². The van der Waals surface area contributed by atoms with Gasteiger partial charge in [-0.25, -0.2) is 0 Å². The highest BCUT2D eigenvalue weighted by molar-refractivity contribution is 14.0. The molecule has 0 unspecified atom stereocenters. The second-order valence-corrected chi connectivity index (χ2v) is 4.74. The Hall–Kier alpha value is 0. The van der Waals surface area contributed by atoms with Crippen LogP contribution in [0.4, 0.5) is 0 Å². The summed E-state index contributed by atoms with van der Waals surface area (Å²) >= 11 is 0. The maximum atomic E-state index is 4.65. The number of guanidine groups is 1. The average Bonchev–Trinajstić information content (AvgIpc) is 2.96. The number of hydrogen-bond acceptors (Lipinski definition) is 1. The van der Waals surface area contributed by atoms with Gasteiger partial charge in [0.1, 0.15) is 0 Å². The van der Waals surface area contributed by atoms with E-state index in [-0.39, 0.29) is 24.0 Å². The summed E-state index contributed by atoms with van der Waals surface area (Å²) in [4.78, 5) is 4.65. The minimum Gasteiger partial charge on any atom is -0.357 e. The quantitative estimate of drug-likeness (QED) is 0.459. The first-order valence-corrected chi connectivity index (χ1v) is 6.17. The monoisotopic (exact) mass is 339 g/mol. The predicted octanol–water partition coefficient (Wildman–Crippen LogP) is 2.62. The van der Waals surface area contributed by atoms with Crippen molar-refractivity contribution in [3.8, 4) is 0 Å². The van der Waals surface area contributed by atoms with E-state index in [9.17, 15) is 0 Å². The van der Waals surface area contributed by atoms with Crippen molar-refractivity contribution in [1.29, 1.82) is 0 Å². The zero-order chi connectivity index (χ0) is 11.3. The Balaban J connectivity index is 0.00000225. The van der Waals surface area contributed by atoms with Crippen LogP contribution in [0.3, 0.4) is 0 Å². The van der Waals surface area contributed by atoms with E-state index in [2.05, 4.69) is 43.3 Å². The van der Waals surface area contributed by atoms with Gasteiger partial charge in [-0.15, -0.1) is 24.0 Å². The first-order chi connectivity index (χ1) is 7.14. The first-order valence-electron chi connectivity index (χ1n) is 6.17. The van der Waals surface area contributed by atoms with Crippen LogP contribution in [-0.2, 0) is 0 Å². The molecule has 1 fully saturated rings. The fourth-order valence-electron chi connectivity index (χ4n) is 1.82. The van der Waals surface area contributed by atoms with Crippen LogP contribution in [0.1, 0.15) is 40.5 Å². The molecule has 0 heterocycles. The third-order valence-electron chi connectivity index (χ3n) is 3.36. The summed E-state index contributed by atoms with van der Waals surface area (Å²) in [6.07, 6.45) is 2.69. The van der Waals surface area contributed by atoms with Crippen LogP contribution in [0, 0.1) is 11.3 Å². The van der Waals surface area contributed by atoms with Crippen molar-refractivity contribution >= 4 is 29.9 Å². The van der Waals surface area contributed by atoms with Crippen LogP contribution in [-0.4, -0.2) is 25.6 Å². The fraction of sp³-hybridized carbons (Fsp3) is 0.917. The summed E-state index contributed by atoms with van der Waals surface area (Å²) in [7, 11) is 0. The third-order valence-corrected chi connectivity index (χ3v) is 3.36. The molecular formula is C12H26IN3. The Bertz CT molecular complexity index is 214. The molecule has 96 valence electrons. The molecule has 0 aromatic heterocycles. The zero-order valence-corrected chi connectivity index (χ0v) is 13.3. The largest absolute Gasteiger partial charge is 0.357 e. The van der Waals surface area contributed by atoms with E-state index in [0.717, 1.165) is 31.5 Å². The molecular weight excluding hydrogens is 313 g/mol. The molecule has 0 radical (unpaired) electrons. The maximum Gasteiger partial charge on any atom is 0.191 e. The fourth-order valence-corrected chi connectivity index (χ4v) is 1.82. The minimum atomic E-state index is 0. The standard InChI is InChI=1S/C12H25N3.HI/c1-5-13-11(14-6-2)15-9-12(7-8-12)10(3)4;/h10H,5-9H2,1-4H3,(H2,13,14,15);1H. The minimum absolute atomic E-state index is 0. The van der Waals surface area contributed by atoms with Crippen molar-refractivity contribution in [2.24, 2.45) is 16.3 Å². The Morgan fingerprint density at radius 1 is 1.19 bits per heavy atom.